The molecule has 1 aromatic rings. The minimum absolute atomic E-state index is 0.118. The van der Waals surface area contributed by atoms with Gasteiger partial charge in [-0.3, -0.25) is 4.79 Å². The zero-order valence-corrected chi connectivity index (χ0v) is 15.5. The maximum atomic E-state index is 12.1. The molecule has 2 aliphatic rings. The highest BCUT2D eigenvalue weighted by atomic mass is 35.5. The number of rotatable bonds is 6. The molecule has 2 fully saturated rings. The third kappa shape index (κ3) is 5.66. The van der Waals surface area contributed by atoms with Crippen LogP contribution in [0, 0.1) is 0 Å². The SMILES string of the molecule is O=C(CSc1ccc(Cl)cc1)NC1CCN(CC2CCCO2)CC1. The number of halogens is 1. The molecule has 0 bridgehead atoms. The van der Waals surface area contributed by atoms with Gasteiger partial charge in [0.15, 0.2) is 0 Å². The first-order valence-electron chi connectivity index (χ1n) is 8.71. The van der Waals surface area contributed by atoms with Crippen LogP contribution in [0.5, 0.6) is 0 Å². The van der Waals surface area contributed by atoms with Crippen molar-refractivity contribution in [1.82, 2.24) is 10.2 Å². The van der Waals surface area contributed by atoms with Gasteiger partial charge < -0.3 is 15.0 Å². The van der Waals surface area contributed by atoms with Crippen molar-refractivity contribution in [1.29, 1.82) is 0 Å². The van der Waals surface area contributed by atoms with Gasteiger partial charge >= 0.3 is 0 Å². The van der Waals surface area contributed by atoms with Crippen molar-refractivity contribution in [2.45, 2.75) is 42.7 Å². The first-order valence-corrected chi connectivity index (χ1v) is 10.1. The Hall–Kier alpha value is -0.750. The lowest BCUT2D eigenvalue weighted by Gasteiger charge is -2.33. The summed E-state index contributed by atoms with van der Waals surface area (Å²) in [7, 11) is 0. The number of nitrogens with zero attached hydrogens (tertiary/aromatic N) is 1. The second kappa shape index (κ2) is 9.09. The highest BCUT2D eigenvalue weighted by Gasteiger charge is 2.24. The van der Waals surface area contributed by atoms with Crippen LogP contribution in [0.3, 0.4) is 0 Å². The number of piperidine rings is 1. The molecule has 2 heterocycles. The maximum absolute atomic E-state index is 12.1. The molecular formula is C18H25ClN2O2S. The van der Waals surface area contributed by atoms with E-state index in [0.29, 0.717) is 17.9 Å². The molecule has 24 heavy (non-hydrogen) atoms. The summed E-state index contributed by atoms with van der Waals surface area (Å²) in [6.45, 7) is 4.07. The van der Waals surface area contributed by atoms with Crippen LogP contribution in [-0.4, -0.2) is 54.9 Å². The minimum atomic E-state index is 0.118. The first kappa shape index (κ1) is 18.1. The van der Waals surface area contributed by atoms with Gasteiger partial charge in [-0.05, 0) is 49.9 Å². The smallest absolute Gasteiger partial charge is 0.230 e. The Morgan fingerprint density at radius 1 is 1.25 bits per heavy atom. The normalized spacial score (nSPS) is 22.6. The number of hydrogen-bond acceptors (Lipinski definition) is 4. The molecule has 1 amide bonds. The Labute approximate surface area is 153 Å². The largest absolute Gasteiger partial charge is 0.377 e. The standard InChI is InChI=1S/C18H25ClN2O2S/c19-14-3-5-17(6-4-14)24-13-18(22)20-15-7-9-21(10-8-15)12-16-2-1-11-23-16/h3-6,15-16H,1-2,7-13H2,(H,20,22). The van der Waals surface area contributed by atoms with E-state index < -0.39 is 0 Å². The van der Waals surface area contributed by atoms with Gasteiger partial charge in [0, 0.05) is 42.2 Å². The quantitative estimate of drug-likeness (QED) is 0.783. The summed E-state index contributed by atoms with van der Waals surface area (Å²) in [5, 5.41) is 3.89. The van der Waals surface area contributed by atoms with E-state index in [1.807, 2.05) is 24.3 Å². The van der Waals surface area contributed by atoms with Gasteiger partial charge in [-0.2, -0.15) is 0 Å². The number of amides is 1. The summed E-state index contributed by atoms with van der Waals surface area (Å²) in [5.74, 6) is 0.574. The molecule has 0 spiro atoms. The Morgan fingerprint density at radius 2 is 2.00 bits per heavy atom. The summed E-state index contributed by atoms with van der Waals surface area (Å²) in [4.78, 5) is 15.7. The van der Waals surface area contributed by atoms with Crippen LogP contribution in [-0.2, 0) is 9.53 Å². The van der Waals surface area contributed by atoms with E-state index in [2.05, 4.69) is 10.2 Å². The second-order valence-electron chi connectivity index (χ2n) is 6.52. The first-order chi connectivity index (χ1) is 11.7. The third-order valence-electron chi connectivity index (χ3n) is 4.62. The van der Waals surface area contributed by atoms with Crippen LogP contribution in [0.15, 0.2) is 29.2 Å². The van der Waals surface area contributed by atoms with Crippen LogP contribution in [0.2, 0.25) is 5.02 Å². The van der Waals surface area contributed by atoms with Gasteiger partial charge in [-0.25, -0.2) is 0 Å². The van der Waals surface area contributed by atoms with Crippen LogP contribution < -0.4 is 5.32 Å². The fraction of sp³-hybridized carbons (Fsp3) is 0.611. The summed E-state index contributed by atoms with van der Waals surface area (Å²) in [6.07, 6.45) is 4.88. The van der Waals surface area contributed by atoms with E-state index in [9.17, 15) is 4.79 Å². The van der Waals surface area contributed by atoms with E-state index in [1.165, 1.54) is 12.8 Å². The zero-order valence-electron chi connectivity index (χ0n) is 13.9. The molecule has 0 radical (unpaired) electrons. The van der Waals surface area contributed by atoms with E-state index in [-0.39, 0.29) is 5.91 Å². The lowest BCUT2D eigenvalue weighted by molar-refractivity contribution is -0.119. The molecule has 2 saturated heterocycles. The second-order valence-corrected chi connectivity index (χ2v) is 8.01. The van der Waals surface area contributed by atoms with Crippen molar-refractivity contribution in [2.24, 2.45) is 0 Å². The average Bonchev–Trinajstić information content (AvgIpc) is 3.09. The summed E-state index contributed by atoms with van der Waals surface area (Å²) in [5.41, 5.74) is 0. The van der Waals surface area contributed by atoms with Gasteiger partial charge in [0.2, 0.25) is 5.91 Å². The number of ether oxygens (including phenoxy) is 1. The Bertz CT molecular complexity index is 526. The van der Waals surface area contributed by atoms with Crippen molar-refractivity contribution in [3.63, 3.8) is 0 Å². The van der Waals surface area contributed by atoms with Gasteiger partial charge in [0.05, 0.1) is 11.9 Å². The number of nitrogens with one attached hydrogen (secondary N) is 1. The zero-order chi connectivity index (χ0) is 16.8. The van der Waals surface area contributed by atoms with Crippen molar-refractivity contribution in [2.75, 3.05) is 32.0 Å². The monoisotopic (exact) mass is 368 g/mol. The molecular weight excluding hydrogens is 344 g/mol. The van der Waals surface area contributed by atoms with Gasteiger partial charge in [0.25, 0.3) is 0 Å². The van der Waals surface area contributed by atoms with Crippen molar-refractivity contribution < 1.29 is 9.53 Å². The molecule has 6 heteroatoms. The maximum Gasteiger partial charge on any atom is 0.230 e. The van der Waals surface area contributed by atoms with E-state index in [0.717, 1.165) is 49.0 Å². The molecule has 1 aromatic carbocycles. The Balaban J connectivity index is 1.33. The third-order valence-corrected chi connectivity index (χ3v) is 5.89. The highest BCUT2D eigenvalue weighted by molar-refractivity contribution is 8.00. The molecule has 0 aliphatic carbocycles. The molecule has 1 N–H and O–H groups in total. The molecule has 1 unspecified atom stereocenters. The van der Waals surface area contributed by atoms with Gasteiger partial charge in [-0.15, -0.1) is 11.8 Å². The number of likely N-dealkylation sites (tertiary alicyclic amines) is 1. The predicted octanol–water partition coefficient (Wildman–Crippen LogP) is 3.19. The topological polar surface area (TPSA) is 41.6 Å². The molecule has 4 nitrogen and oxygen atoms in total. The summed E-state index contributed by atoms with van der Waals surface area (Å²) in [6, 6.07) is 7.91. The lowest BCUT2D eigenvalue weighted by Crippen LogP contribution is -2.46. The molecule has 2 aliphatic heterocycles. The number of thioether (sulfide) groups is 1. The van der Waals surface area contributed by atoms with E-state index in [1.54, 1.807) is 11.8 Å². The van der Waals surface area contributed by atoms with E-state index >= 15 is 0 Å². The van der Waals surface area contributed by atoms with E-state index in [4.69, 9.17) is 16.3 Å². The number of carbonyl (C=O) groups is 1. The number of hydrogen-bond donors (Lipinski definition) is 1. The van der Waals surface area contributed by atoms with Crippen molar-refractivity contribution in [3.8, 4) is 0 Å². The van der Waals surface area contributed by atoms with Crippen LogP contribution >= 0.6 is 23.4 Å². The molecule has 132 valence electrons. The molecule has 1 atom stereocenters. The molecule has 0 aromatic heterocycles. The molecule has 0 saturated carbocycles. The van der Waals surface area contributed by atoms with Crippen molar-refractivity contribution in [3.05, 3.63) is 29.3 Å². The fourth-order valence-electron chi connectivity index (χ4n) is 3.29. The summed E-state index contributed by atoms with van der Waals surface area (Å²) < 4.78 is 5.71. The Morgan fingerprint density at radius 3 is 2.67 bits per heavy atom. The average molecular weight is 369 g/mol. The number of benzene rings is 1. The fourth-order valence-corrected chi connectivity index (χ4v) is 4.12. The van der Waals surface area contributed by atoms with Gasteiger partial charge in [0.1, 0.15) is 0 Å². The van der Waals surface area contributed by atoms with Gasteiger partial charge in [-0.1, -0.05) is 11.6 Å². The van der Waals surface area contributed by atoms with Crippen LogP contribution in [0.25, 0.3) is 0 Å². The predicted molar refractivity (Wildman–Crippen MR) is 98.8 cm³/mol. The lowest BCUT2D eigenvalue weighted by atomic mass is 10.0. The van der Waals surface area contributed by atoms with Crippen LogP contribution in [0.1, 0.15) is 25.7 Å². The summed E-state index contributed by atoms with van der Waals surface area (Å²) >= 11 is 7.42. The highest BCUT2D eigenvalue weighted by Crippen LogP contribution is 2.21. The minimum Gasteiger partial charge on any atom is -0.377 e. The number of carbonyl (C=O) groups excluding carboxylic acids is 1. The molecule has 3 rings (SSSR count). The van der Waals surface area contributed by atoms with Crippen LogP contribution in [0.4, 0.5) is 0 Å². The Kier molecular flexibility index (Phi) is 6.84. The van der Waals surface area contributed by atoms with Crippen molar-refractivity contribution >= 4 is 29.3 Å².